The molecule has 4 heteroatoms. The van der Waals surface area contributed by atoms with Gasteiger partial charge in [-0.1, -0.05) is 54.3 Å². The predicted molar refractivity (Wildman–Crippen MR) is 90.3 cm³/mol. The van der Waals surface area contributed by atoms with Gasteiger partial charge in [-0.3, -0.25) is 0 Å². The molecule has 0 radical (unpaired) electrons. The topological polar surface area (TPSA) is 74.6 Å². The van der Waals surface area contributed by atoms with E-state index in [1.54, 1.807) is 0 Å². The predicted octanol–water partition coefficient (Wildman–Crippen LogP) is 3.64. The number of aromatic carboxylic acids is 2. The van der Waals surface area contributed by atoms with E-state index in [-0.39, 0.29) is 16.7 Å². The first-order chi connectivity index (χ1) is 11.6. The van der Waals surface area contributed by atoms with Crippen molar-refractivity contribution in [3.8, 4) is 11.8 Å². The lowest BCUT2D eigenvalue weighted by Crippen LogP contribution is -2.07. The van der Waals surface area contributed by atoms with Gasteiger partial charge in [-0.2, -0.15) is 0 Å². The van der Waals surface area contributed by atoms with Crippen LogP contribution in [0.1, 0.15) is 31.8 Å². The van der Waals surface area contributed by atoms with Crippen molar-refractivity contribution in [2.24, 2.45) is 0 Å². The molecule has 0 saturated heterocycles. The molecule has 0 spiro atoms. The normalized spacial score (nSPS) is 10.0. The van der Waals surface area contributed by atoms with Crippen LogP contribution in [0.2, 0.25) is 0 Å². The van der Waals surface area contributed by atoms with Crippen LogP contribution >= 0.6 is 0 Å². The second kappa shape index (κ2) is 6.27. The quantitative estimate of drug-likeness (QED) is 0.708. The smallest absolute Gasteiger partial charge is 0.336 e. The Balaban J connectivity index is 2.21. The maximum atomic E-state index is 11.4. The third kappa shape index (κ3) is 2.83. The van der Waals surface area contributed by atoms with Crippen LogP contribution in [0.3, 0.4) is 0 Å². The Morgan fingerprint density at radius 1 is 0.708 bits per heavy atom. The Kier molecular flexibility index (Phi) is 4.00. The summed E-state index contributed by atoms with van der Waals surface area (Å²) < 4.78 is 0. The summed E-state index contributed by atoms with van der Waals surface area (Å²) in [6.07, 6.45) is 0. The second-order valence-electron chi connectivity index (χ2n) is 5.12. The minimum absolute atomic E-state index is 0.00503. The minimum atomic E-state index is -1.21. The van der Waals surface area contributed by atoms with Crippen LogP contribution < -0.4 is 0 Å². The molecule has 0 aromatic heterocycles. The largest absolute Gasteiger partial charge is 0.478 e. The van der Waals surface area contributed by atoms with Crippen molar-refractivity contribution in [3.63, 3.8) is 0 Å². The van der Waals surface area contributed by atoms with Crippen molar-refractivity contribution in [2.45, 2.75) is 0 Å². The van der Waals surface area contributed by atoms with E-state index in [1.807, 2.05) is 42.5 Å². The van der Waals surface area contributed by atoms with Gasteiger partial charge in [-0.15, -0.1) is 0 Å². The van der Waals surface area contributed by atoms with Crippen LogP contribution in [0.4, 0.5) is 0 Å². The molecule has 0 aliphatic carbocycles. The lowest BCUT2D eigenvalue weighted by Gasteiger charge is -2.04. The van der Waals surface area contributed by atoms with Gasteiger partial charge in [0, 0.05) is 5.56 Å². The van der Waals surface area contributed by atoms with Gasteiger partial charge >= 0.3 is 11.9 Å². The van der Waals surface area contributed by atoms with Gasteiger partial charge in [-0.25, -0.2) is 9.59 Å². The third-order valence-corrected chi connectivity index (χ3v) is 3.64. The van der Waals surface area contributed by atoms with Gasteiger partial charge in [-0.05, 0) is 29.0 Å². The highest BCUT2D eigenvalue weighted by atomic mass is 16.4. The highest BCUT2D eigenvalue weighted by Crippen LogP contribution is 2.19. The summed E-state index contributed by atoms with van der Waals surface area (Å²) in [6, 6.07) is 17.4. The first-order valence-electron chi connectivity index (χ1n) is 7.17. The SMILES string of the molecule is O=C(O)c1cccc(C(=O)O)c1C#Cc1cccc2ccccc12. The fourth-order valence-corrected chi connectivity index (χ4v) is 2.51. The van der Waals surface area contributed by atoms with Gasteiger partial charge in [0.1, 0.15) is 0 Å². The lowest BCUT2D eigenvalue weighted by atomic mass is 10.00. The third-order valence-electron chi connectivity index (χ3n) is 3.64. The van der Waals surface area contributed by atoms with Gasteiger partial charge in [0.05, 0.1) is 16.7 Å². The highest BCUT2D eigenvalue weighted by Gasteiger charge is 2.16. The molecular weight excluding hydrogens is 304 g/mol. The van der Waals surface area contributed by atoms with Gasteiger partial charge in [0.2, 0.25) is 0 Å². The molecule has 0 heterocycles. The molecule has 24 heavy (non-hydrogen) atoms. The van der Waals surface area contributed by atoms with Crippen molar-refractivity contribution in [1.82, 2.24) is 0 Å². The Morgan fingerprint density at radius 2 is 1.29 bits per heavy atom. The fraction of sp³-hybridized carbons (Fsp3) is 0. The maximum Gasteiger partial charge on any atom is 0.336 e. The molecule has 4 nitrogen and oxygen atoms in total. The van der Waals surface area contributed by atoms with E-state index in [0.717, 1.165) is 10.8 Å². The molecule has 3 aromatic rings. The average Bonchev–Trinajstić information content (AvgIpc) is 2.59. The molecular formula is C20H12O4. The summed E-state index contributed by atoms with van der Waals surface area (Å²) in [5.41, 5.74) is 0.473. The Labute approximate surface area is 138 Å². The molecule has 0 fully saturated rings. The van der Waals surface area contributed by atoms with E-state index >= 15 is 0 Å². The second-order valence-corrected chi connectivity index (χ2v) is 5.12. The first-order valence-corrected chi connectivity index (χ1v) is 7.17. The Bertz CT molecular complexity index is 985. The summed E-state index contributed by atoms with van der Waals surface area (Å²) >= 11 is 0. The van der Waals surface area contributed by atoms with Gasteiger partial charge in [0.15, 0.2) is 0 Å². The molecule has 0 atom stereocenters. The maximum absolute atomic E-state index is 11.4. The number of carboxylic acid groups (broad SMARTS) is 2. The van der Waals surface area contributed by atoms with Crippen LogP contribution in [-0.2, 0) is 0 Å². The number of carboxylic acids is 2. The minimum Gasteiger partial charge on any atom is -0.478 e. The number of rotatable bonds is 2. The zero-order valence-electron chi connectivity index (χ0n) is 12.5. The highest BCUT2D eigenvalue weighted by molar-refractivity contribution is 5.98. The fourth-order valence-electron chi connectivity index (χ4n) is 2.51. The van der Waals surface area contributed by atoms with E-state index in [1.165, 1.54) is 18.2 Å². The summed E-state index contributed by atoms with van der Waals surface area (Å²) in [7, 11) is 0. The number of hydrogen-bond acceptors (Lipinski definition) is 2. The van der Waals surface area contributed by atoms with E-state index in [9.17, 15) is 19.8 Å². The zero-order chi connectivity index (χ0) is 17.1. The van der Waals surface area contributed by atoms with Crippen LogP contribution in [0, 0.1) is 11.8 Å². The van der Waals surface area contributed by atoms with Crippen LogP contribution in [0.5, 0.6) is 0 Å². The summed E-state index contributed by atoms with van der Waals surface area (Å²) in [6.45, 7) is 0. The molecule has 3 rings (SSSR count). The molecule has 0 amide bonds. The summed E-state index contributed by atoms with van der Waals surface area (Å²) in [5.74, 6) is 3.24. The number of carbonyl (C=O) groups is 2. The van der Waals surface area contributed by atoms with Crippen LogP contribution in [0.25, 0.3) is 10.8 Å². The Morgan fingerprint density at radius 3 is 1.96 bits per heavy atom. The van der Waals surface area contributed by atoms with Gasteiger partial charge < -0.3 is 10.2 Å². The average molecular weight is 316 g/mol. The lowest BCUT2D eigenvalue weighted by molar-refractivity contribution is 0.0696. The van der Waals surface area contributed by atoms with Crippen molar-refractivity contribution in [2.75, 3.05) is 0 Å². The summed E-state index contributed by atoms with van der Waals surface area (Å²) in [4.78, 5) is 22.7. The van der Waals surface area contributed by atoms with Gasteiger partial charge in [0.25, 0.3) is 0 Å². The van der Waals surface area contributed by atoms with E-state index < -0.39 is 11.9 Å². The standard InChI is InChI=1S/C20H12O4/c21-19(22)17-9-4-10-18(20(23)24)16(17)12-11-14-7-3-6-13-5-1-2-8-15(13)14/h1-10H,(H,21,22)(H,23,24). The van der Waals surface area contributed by atoms with Crippen molar-refractivity contribution in [3.05, 3.63) is 82.9 Å². The van der Waals surface area contributed by atoms with E-state index in [4.69, 9.17) is 0 Å². The van der Waals surface area contributed by atoms with Crippen molar-refractivity contribution >= 4 is 22.7 Å². The molecule has 2 N–H and O–H groups in total. The van der Waals surface area contributed by atoms with Crippen LogP contribution in [-0.4, -0.2) is 22.2 Å². The monoisotopic (exact) mass is 316 g/mol. The van der Waals surface area contributed by atoms with Crippen molar-refractivity contribution < 1.29 is 19.8 Å². The van der Waals surface area contributed by atoms with Crippen molar-refractivity contribution in [1.29, 1.82) is 0 Å². The molecule has 0 aliphatic heterocycles. The first kappa shape index (κ1) is 15.3. The molecule has 3 aromatic carbocycles. The molecule has 0 aliphatic rings. The number of hydrogen-bond donors (Lipinski definition) is 2. The summed E-state index contributed by atoms with van der Waals surface area (Å²) in [5, 5.41) is 20.5. The number of benzene rings is 3. The van der Waals surface area contributed by atoms with E-state index in [2.05, 4.69) is 11.8 Å². The van der Waals surface area contributed by atoms with E-state index in [0.29, 0.717) is 5.56 Å². The number of fused-ring (bicyclic) bond motifs is 1. The van der Waals surface area contributed by atoms with Crippen LogP contribution in [0.15, 0.2) is 60.7 Å². The molecule has 116 valence electrons. The molecule has 0 unspecified atom stereocenters. The molecule has 0 bridgehead atoms. The molecule has 0 saturated carbocycles. The Hall–Kier alpha value is -3.58. The zero-order valence-corrected chi connectivity index (χ0v) is 12.5.